The molecule has 140 valence electrons. The summed E-state index contributed by atoms with van der Waals surface area (Å²) in [6, 6.07) is 8.71. The van der Waals surface area contributed by atoms with Gasteiger partial charge < -0.3 is 14.7 Å². The molecular formula is C21H31N5. The molecule has 1 aliphatic heterocycles. The summed E-state index contributed by atoms with van der Waals surface area (Å²) in [5.41, 5.74) is 4.12. The van der Waals surface area contributed by atoms with E-state index in [0.717, 1.165) is 44.4 Å². The average Bonchev–Trinajstić information content (AvgIpc) is 2.68. The summed E-state index contributed by atoms with van der Waals surface area (Å²) < 4.78 is 0. The van der Waals surface area contributed by atoms with E-state index < -0.39 is 0 Å². The van der Waals surface area contributed by atoms with Crippen LogP contribution in [-0.2, 0) is 0 Å². The zero-order chi connectivity index (χ0) is 18.5. The number of aromatic nitrogens is 2. The van der Waals surface area contributed by atoms with Gasteiger partial charge in [-0.3, -0.25) is 0 Å². The third-order valence-electron chi connectivity index (χ3n) is 5.40. The van der Waals surface area contributed by atoms with Gasteiger partial charge in [0.1, 0.15) is 18.0 Å². The van der Waals surface area contributed by atoms with Crippen LogP contribution in [0.15, 0.2) is 30.6 Å². The first kappa shape index (κ1) is 18.5. The van der Waals surface area contributed by atoms with Crippen LogP contribution in [0.3, 0.4) is 0 Å². The lowest BCUT2D eigenvalue weighted by atomic mass is 10.1. The van der Waals surface area contributed by atoms with Gasteiger partial charge in [-0.1, -0.05) is 25.5 Å². The molecule has 1 aliphatic rings. The van der Waals surface area contributed by atoms with Crippen molar-refractivity contribution in [3.8, 4) is 0 Å². The van der Waals surface area contributed by atoms with E-state index in [4.69, 9.17) is 0 Å². The normalized spacial score (nSPS) is 14.6. The quantitative estimate of drug-likeness (QED) is 0.792. The fraction of sp³-hybridized carbons (Fsp3) is 0.524. The molecule has 0 radical (unpaired) electrons. The van der Waals surface area contributed by atoms with E-state index in [-0.39, 0.29) is 0 Å². The first-order valence-corrected chi connectivity index (χ1v) is 9.69. The fourth-order valence-corrected chi connectivity index (χ4v) is 3.48. The largest absolute Gasteiger partial charge is 0.368 e. The summed E-state index contributed by atoms with van der Waals surface area (Å²) in [5, 5.41) is 0. The summed E-state index contributed by atoms with van der Waals surface area (Å²) >= 11 is 0. The highest BCUT2D eigenvalue weighted by Crippen LogP contribution is 2.25. The molecule has 0 unspecified atom stereocenters. The second-order valence-corrected chi connectivity index (χ2v) is 7.20. The molecule has 0 saturated carbocycles. The van der Waals surface area contributed by atoms with Gasteiger partial charge in [-0.15, -0.1) is 0 Å². The molecule has 5 nitrogen and oxygen atoms in total. The van der Waals surface area contributed by atoms with Gasteiger partial charge in [-0.2, -0.15) is 0 Å². The topological polar surface area (TPSA) is 35.5 Å². The number of rotatable bonds is 6. The molecule has 0 bridgehead atoms. The molecule has 1 saturated heterocycles. The molecule has 0 amide bonds. The van der Waals surface area contributed by atoms with Crippen LogP contribution in [0, 0.1) is 13.8 Å². The highest BCUT2D eigenvalue weighted by molar-refractivity contribution is 5.58. The minimum atomic E-state index is 0.989. The molecule has 26 heavy (non-hydrogen) atoms. The van der Waals surface area contributed by atoms with E-state index in [9.17, 15) is 0 Å². The van der Waals surface area contributed by atoms with Crippen LogP contribution in [0.4, 0.5) is 17.3 Å². The van der Waals surface area contributed by atoms with Crippen molar-refractivity contribution < 1.29 is 0 Å². The number of unbranched alkanes of at least 4 members (excludes halogenated alkanes) is 1. The van der Waals surface area contributed by atoms with Crippen molar-refractivity contribution in [2.24, 2.45) is 0 Å². The van der Waals surface area contributed by atoms with Gasteiger partial charge in [0.15, 0.2) is 0 Å². The fourth-order valence-electron chi connectivity index (χ4n) is 3.48. The maximum atomic E-state index is 4.52. The standard InChI is InChI=1S/C21H31N5/c1-5-6-10-24(4)20-15-21(23-16-22-20)26-13-11-25(12-14-26)19-9-7-8-17(2)18(19)3/h7-9,15-16H,5-6,10-14H2,1-4H3. The second-order valence-electron chi connectivity index (χ2n) is 7.20. The summed E-state index contributed by atoms with van der Waals surface area (Å²) in [5.74, 6) is 2.05. The molecule has 1 aromatic heterocycles. The number of aryl methyl sites for hydroxylation is 1. The lowest BCUT2D eigenvalue weighted by Crippen LogP contribution is -2.47. The van der Waals surface area contributed by atoms with Crippen molar-refractivity contribution in [1.82, 2.24) is 9.97 Å². The predicted molar refractivity (Wildman–Crippen MR) is 111 cm³/mol. The molecule has 2 aromatic rings. The Morgan fingerprint density at radius 1 is 1.04 bits per heavy atom. The number of anilines is 3. The van der Waals surface area contributed by atoms with Crippen LogP contribution in [0.2, 0.25) is 0 Å². The van der Waals surface area contributed by atoms with Gasteiger partial charge >= 0.3 is 0 Å². The Hall–Kier alpha value is -2.30. The lowest BCUT2D eigenvalue weighted by molar-refractivity contribution is 0.645. The maximum Gasteiger partial charge on any atom is 0.134 e. The molecule has 0 spiro atoms. The van der Waals surface area contributed by atoms with E-state index >= 15 is 0 Å². The van der Waals surface area contributed by atoms with Crippen LogP contribution in [0.5, 0.6) is 0 Å². The zero-order valence-corrected chi connectivity index (χ0v) is 16.6. The van der Waals surface area contributed by atoms with Gasteiger partial charge in [0.2, 0.25) is 0 Å². The Morgan fingerprint density at radius 2 is 1.77 bits per heavy atom. The monoisotopic (exact) mass is 353 g/mol. The zero-order valence-electron chi connectivity index (χ0n) is 16.6. The summed E-state index contributed by atoms with van der Waals surface area (Å²) in [6.07, 6.45) is 4.08. The van der Waals surface area contributed by atoms with Crippen molar-refractivity contribution in [1.29, 1.82) is 0 Å². The van der Waals surface area contributed by atoms with Crippen molar-refractivity contribution >= 4 is 17.3 Å². The van der Waals surface area contributed by atoms with E-state index in [1.807, 2.05) is 0 Å². The lowest BCUT2D eigenvalue weighted by Gasteiger charge is -2.37. The van der Waals surface area contributed by atoms with Gasteiger partial charge in [0.05, 0.1) is 0 Å². The Labute approximate surface area is 157 Å². The molecule has 1 aromatic carbocycles. The van der Waals surface area contributed by atoms with Gasteiger partial charge in [-0.25, -0.2) is 9.97 Å². The number of piperazine rings is 1. The Balaban J connectivity index is 1.65. The molecular weight excluding hydrogens is 322 g/mol. The molecule has 0 atom stereocenters. The van der Waals surface area contributed by atoms with Crippen LogP contribution >= 0.6 is 0 Å². The highest BCUT2D eigenvalue weighted by Gasteiger charge is 2.20. The number of nitrogens with zero attached hydrogens (tertiary/aromatic N) is 5. The van der Waals surface area contributed by atoms with Gasteiger partial charge in [-0.05, 0) is 37.5 Å². The van der Waals surface area contributed by atoms with E-state index in [0.29, 0.717) is 0 Å². The van der Waals surface area contributed by atoms with E-state index in [2.05, 4.69) is 76.8 Å². The third-order valence-corrected chi connectivity index (χ3v) is 5.40. The number of benzene rings is 1. The summed E-state index contributed by atoms with van der Waals surface area (Å²) in [7, 11) is 2.11. The number of hydrogen-bond acceptors (Lipinski definition) is 5. The van der Waals surface area contributed by atoms with Crippen molar-refractivity contribution in [2.45, 2.75) is 33.6 Å². The predicted octanol–water partition coefficient (Wildman–Crippen LogP) is 3.66. The minimum absolute atomic E-state index is 0.989. The Morgan fingerprint density at radius 3 is 2.50 bits per heavy atom. The smallest absolute Gasteiger partial charge is 0.134 e. The summed E-state index contributed by atoms with van der Waals surface area (Å²) in [6.45, 7) is 11.7. The van der Waals surface area contributed by atoms with E-state index in [1.54, 1.807) is 6.33 Å². The van der Waals surface area contributed by atoms with Crippen molar-refractivity contribution in [3.05, 3.63) is 41.7 Å². The van der Waals surface area contributed by atoms with Crippen LogP contribution in [0.25, 0.3) is 0 Å². The first-order valence-electron chi connectivity index (χ1n) is 9.69. The van der Waals surface area contributed by atoms with Crippen molar-refractivity contribution in [2.75, 3.05) is 54.5 Å². The minimum Gasteiger partial charge on any atom is -0.368 e. The molecule has 1 fully saturated rings. The van der Waals surface area contributed by atoms with Gasteiger partial charge in [0.25, 0.3) is 0 Å². The molecule has 0 N–H and O–H groups in total. The maximum absolute atomic E-state index is 4.52. The Kier molecular flexibility index (Phi) is 5.96. The molecule has 5 heteroatoms. The first-order chi connectivity index (χ1) is 12.6. The van der Waals surface area contributed by atoms with Crippen LogP contribution < -0.4 is 14.7 Å². The molecule has 0 aliphatic carbocycles. The van der Waals surface area contributed by atoms with E-state index in [1.165, 1.54) is 29.7 Å². The van der Waals surface area contributed by atoms with Crippen molar-refractivity contribution in [3.63, 3.8) is 0 Å². The van der Waals surface area contributed by atoms with Crippen LogP contribution in [-0.4, -0.2) is 49.7 Å². The second kappa shape index (κ2) is 8.39. The van der Waals surface area contributed by atoms with Crippen LogP contribution in [0.1, 0.15) is 30.9 Å². The molecule has 3 rings (SSSR count). The van der Waals surface area contributed by atoms with Gasteiger partial charge in [0, 0.05) is 51.5 Å². The third kappa shape index (κ3) is 4.09. The SMILES string of the molecule is CCCCN(C)c1cc(N2CCN(c3cccc(C)c3C)CC2)ncn1. The highest BCUT2D eigenvalue weighted by atomic mass is 15.3. The Bertz CT molecular complexity index is 722. The summed E-state index contributed by atoms with van der Waals surface area (Å²) in [4.78, 5) is 16.1. The average molecular weight is 354 g/mol. The number of hydrogen-bond donors (Lipinski definition) is 0. The molecule has 2 heterocycles.